The molecule has 4 heteroatoms. The van der Waals surface area contributed by atoms with Crippen molar-refractivity contribution in [3.05, 3.63) is 0 Å². The Balaban J connectivity index is 2.80. The van der Waals surface area contributed by atoms with Gasteiger partial charge in [-0.05, 0) is 0 Å². The predicted octanol–water partition coefficient (Wildman–Crippen LogP) is 2.42. The molecule has 0 saturated heterocycles. The van der Waals surface area contributed by atoms with E-state index in [9.17, 15) is 0 Å². The Bertz CT molecular complexity index is 29.0. The molecule has 0 N–H and O–H groups in total. The van der Waals surface area contributed by atoms with Gasteiger partial charge in [-0.1, -0.05) is 0 Å². The van der Waals surface area contributed by atoms with Crippen molar-refractivity contribution in [2.75, 3.05) is 0 Å². The van der Waals surface area contributed by atoms with E-state index >= 15 is 0 Å². The van der Waals surface area contributed by atoms with Crippen LogP contribution in [-0.4, -0.2) is 0 Å². The zero-order valence-electron chi connectivity index (χ0n) is 1.61. The third-order valence-corrected chi connectivity index (χ3v) is 0. The average Bonchev–Trinajstić information content (AvgIpc) is 0.811. The molecule has 0 saturated carbocycles. The third-order valence-electron chi connectivity index (χ3n) is 0. The van der Waals surface area contributed by atoms with Crippen LogP contribution in [0.2, 0.25) is 0 Å². The van der Waals surface area contributed by atoms with Gasteiger partial charge in [-0.2, -0.15) is 0 Å². The maximum atomic E-state index is 4.74. The van der Waals surface area contributed by atoms with Crippen molar-refractivity contribution < 1.29 is 6.63 Å². The van der Waals surface area contributed by atoms with Crippen molar-refractivity contribution in [1.29, 1.82) is 0 Å². The third kappa shape index (κ3) is 8.86. The fourth-order valence-corrected chi connectivity index (χ4v) is 0. The van der Waals surface area contributed by atoms with Crippen LogP contribution in [0.5, 0.6) is 0 Å². The SMILES string of the molecule is [S]=[V]([I])[I]. The van der Waals surface area contributed by atoms with E-state index in [4.69, 9.17) is 10.3 Å². The van der Waals surface area contributed by atoms with E-state index in [2.05, 4.69) is 40.0 Å². The van der Waals surface area contributed by atoms with Gasteiger partial charge in [0.15, 0.2) is 0 Å². The summed E-state index contributed by atoms with van der Waals surface area (Å²) in [5, 5.41) is 0. The van der Waals surface area contributed by atoms with E-state index in [1.54, 1.807) is 0 Å². The van der Waals surface area contributed by atoms with Gasteiger partial charge in [0.2, 0.25) is 0 Å². The van der Waals surface area contributed by atoms with E-state index in [0.717, 1.165) is 0 Å². The fraction of sp³-hybridized carbons (Fsp3) is 0. The Morgan fingerprint density at radius 2 is 1.50 bits per heavy atom. The first-order chi connectivity index (χ1) is 1.73. The zero-order valence-corrected chi connectivity index (χ0v) is 8.14. The van der Waals surface area contributed by atoms with E-state index in [-0.39, 0.29) is 0 Å². The molecule has 0 fully saturated rings. The molecule has 0 radical (unpaired) electrons. The fourth-order valence-electron chi connectivity index (χ4n) is 0. The molecular formula is I2SV. The first-order valence-electron chi connectivity index (χ1n) is 0.521. The summed E-state index contributed by atoms with van der Waals surface area (Å²) in [5.41, 5.74) is 0. The van der Waals surface area contributed by atoms with Gasteiger partial charge >= 0.3 is 56.9 Å². The molecule has 0 nitrogen and oxygen atoms in total. The Kier molecular flexibility index (Phi) is 5.41. The second-order valence-electron chi connectivity index (χ2n) is 0.202. The molecule has 0 rings (SSSR count). The number of hydrogen-bond donors (Lipinski definition) is 0. The second kappa shape index (κ2) is 3.45. The number of halogens is 2. The Labute approximate surface area is 55.7 Å². The van der Waals surface area contributed by atoms with Crippen LogP contribution in [0.1, 0.15) is 0 Å². The summed E-state index contributed by atoms with van der Waals surface area (Å²) in [6.07, 6.45) is 0. The molecule has 0 heterocycles. The van der Waals surface area contributed by atoms with Gasteiger partial charge in [0.1, 0.15) is 0 Å². The summed E-state index contributed by atoms with van der Waals surface area (Å²) in [6.45, 7) is -0.664. The first kappa shape index (κ1) is 6.26. The minimum atomic E-state index is -0.664. The van der Waals surface area contributed by atoms with E-state index in [1.807, 2.05) is 0 Å². The van der Waals surface area contributed by atoms with Crippen LogP contribution < -0.4 is 0 Å². The van der Waals surface area contributed by atoms with Crippen molar-refractivity contribution in [2.24, 2.45) is 0 Å². The van der Waals surface area contributed by atoms with E-state index in [0.29, 0.717) is 0 Å². The number of hydrogen-bond acceptors (Lipinski definition) is 1. The van der Waals surface area contributed by atoms with Gasteiger partial charge in [0.05, 0.1) is 0 Å². The van der Waals surface area contributed by atoms with Crippen LogP contribution >= 0.6 is 50.2 Å². The van der Waals surface area contributed by atoms with Gasteiger partial charge in [-0.25, -0.2) is 0 Å². The predicted molar refractivity (Wildman–Crippen MR) is 35.6 cm³/mol. The van der Waals surface area contributed by atoms with Crippen molar-refractivity contribution in [1.82, 2.24) is 0 Å². The Hall–Kier alpha value is 2.26. The van der Waals surface area contributed by atoms with E-state index in [1.165, 1.54) is 0 Å². The Morgan fingerprint density at radius 3 is 1.50 bits per heavy atom. The van der Waals surface area contributed by atoms with Crippen LogP contribution in [-0.2, 0) is 6.63 Å². The van der Waals surface area contributed by atoms with Crippen LogP contribution in [0.25, 0.3) is 0 Å². The molecule has 0 aromatic rings. The molecule has 0 aliphatic carbocycles. The molecule has 4 heavy (non-hydrogen) atoms. The number of rotatable bonds is 0. The topological polar surface area (TPSA) is 0 Å². The molecule has 0 amide bonds. The van der Waals surface area contributed by atoms with Crippen LogP contribution in [0, 0.1) is 0 Å². The molecule has 0 aromatic heterocycles. The van der Waals surface area contributed by atoms with Crippen LogP contribution in [0.4, 0.5) is 0 Å². The summed E-state index contributed by atoms with van der Waals surface area (Å²) in [7, 11) is 4.74. The van der Waals surface area contributed by atoms with Gasteiger partial charge in [-0.15, -0.1) is 0 Å². The standard InChI is InChI=1S/2HI.S.V/h2*1H;;/q;;;+2/p-2. The molecule has 25 valence electrons. The molecule has 0 unspecified atom stereocenters. The second-order valence-corrected chi connectivity index (χ2v) is 23.3. The zero-order chi connectivity index (χ0) is 3.58. The van der Waals surface area contributed by atoms with Gasteiger partial charge in [0.25, 0.3) is 0 Å². The quantitative estimate of drug-likeness (QED) is 0.612. The summed E-state index contributed by atoms with van der Waals surface area (Å²) in [5.74, 6) is 0. The van der Waals surface area contributed by atoms with Crippen molar-refractivity contribution in [3.8, 4) is 0 Å². The summed E-state index contributed by atoms with van der Waals surface area (Å²) < 4.78 is 0. The summed E-state index contributed by atoms with van der Waals surface area (Å²) >= 11 is 4.58. The van der Waals surface area contributed by atoms with Crippen LogP contribution in [0.15, 0.2) is 0 Å². The minimum absolute atomic E-state index is 0.664. The molecule has 0 aliphatic rings. The van der Waals surface area contributed by atoms with Gasteiger partial charge in [0, 0.05) is 0 Å². The molecular weight excluding hydrogens is 337 g/mol. The first-order valence-corrected chi connectivity index (χ1v) is 11.6. The van der Waals surface area contributed by atoms with Crippen molar-refractivity contribution >= 4 is 50.2 Å². The van der Waals surface area contributed by atoms with Crippen molar-refractivity contribution in [3.63, 3.8) is 0 Å². The van der Waals surface area contributed by atoms with Gasteiger partial charge in [-0.3, -0.25) is 0 Å². The average molecular weight is 337 g/mol. The summed E-state index contributed by atoms with van der Waals surface area (Å²) in [4.78, 5) is 0. The molecule has 0 aliphatic heterocycles. The molecule has 0 atom stereocenters. The van der Waals surface area contributed by atoms with E-state index < -0.39 is 6.63 Å². The monoisotopic (exact) mass is 337 g/mol. The van der Waals surface area contributed by atoms with Gasteiger partial charge < -0.3 is 0 Å². The molecule has 0 bridgehead atoms. The van der Waals surface area contributed by atoms with Crippen molar-refractivity contribution in [2.45, 2.75) is 0 Å². The maximum absolute atomic E-state index is 4.74. The normalized spacial score (nSPS) is 6.50. The Morgan fingerprint density at radius 1 is 1.50 bits per heavy atom. The molecule has 0 spiro atoms. The molecule has 0 aromatic carbocycles. The summed E-state index contributed by atoms with van der Waals surface area (Å²) in [6, 6.07) is 0. The van der Waals surface area contributed by atoms with Crippen LogP contribution in [0.3, 0.4) is 0 Å².